The molecule has 2 saturated heterocycles. The molecule has 0 aromatic rings. The van der Waals surface area contributed by atoms with Crippen molar-refractivity contribution >= 4 is 17.7 Å². The molecule has 0 unspecified atom stereocenters. The predicted octanol–water partition coefficient (Wildman–Crippen LogP) is 0.366. The fraction of sp³-hybridized carbons (Fsp3) is 0.875. The van der Waals surface area contributed by atoms with Gasteiger partial charge in [0.25, 0.3) is 0 Å². The summed E-state index contributed by atoms with van der Waals surface area (Å²) in [6, 6.07) is 0. The molecule has 2 heterocycles. The van der Waals surface area contributed by atoms with Crippen LogP contribution >= 0.6 is 11.8 Å². The summed E-state index contributed by atoms with van der Waals surface area (Å²) in [6.45, 7) is 2.67. The Morgan fingerprint density at radius 1 is 1.50 bits per heavy atom. The summed E-state index contributed by atoms with van der Waals surface area (Å²) in [7, 11) is 0. The minimum Gasteiger partial charge on any atom is -0.481 e. The number of carbonyl (C=O) groups is 1. The largest absolute Gasteiger partial charge is 0.481 e. The Morgan fingerprint density at radius 3 is 2.58 bits per heavy atom. The second-order valence-corrected chi connectivity index (χ2v) is 4.73. The molecule has 0 aromatic carbocycles. The topological polar surface area (TPSA) is 40.5 Å². The normalized spacial score (nSPS) is 26.3. The van der Waals surface area contributed by atoms with Gasteiger partial charge in [-0.05, 0) is 17.4 Å². The van der Waals surface area contributed by atoms with Gasteiger partial charge in [0.15, 0.2) is 0 Å². The number of likely N-dealkylation sites (tertiary alicyclic amines) is 1. The molecular weight excluding hydrogens is 174 g/mol. The molecule has 0 saturated carbocycles. The zero-order chi connectivity index (χ0) is 8.55. The van der Waals surface area contributed by atoms with Gasteiger partial charge in [0.05, 0.1) is 5.92 Å². The van der Waals surface area contributed by atoms with Crippen LogP contribution in [0.2, 0.25) is 0 Å². The van der Waals surface area contributed by atoms with Crippen LogP contribution in [-0.4, -0.2) is 47.1 Å². The highest BCUT2D eigenvalue weighted by molar-refractivity contribution is 8.00. The number of hydrogen-bond acceptors (Lipinski definition) is 3. The van der Waals surface area contributed by atoms with E-state index in [0.29, 0.717) is 0 Å². The van der Waals surface area contributed by atoms with E-state index >= 15 is 0 Å². The smallest absolute Gasteiger partial charge is 0.309 e. The fourth-order valence-electron chi connectivity index (χ4n) is 1.63. The van der Waals surface area contributed by atoms with Crippen molar-refractivity contribution < 1.29 is 9.90 Å². The van der Waals surface area contributed by atoms with Crippen LogP contribution in [0.1, 0.15) is 0 Å². The molecule has 12 heavy (non-hydrogen) atoms. The number of nitrogens with zero attached hydrogens (tertiary/aromatic N) is 1. The number of aliphatic carboxylic acids is 1. The molecule has 0 amide bonds. The molecule has 0 aromatic heterocycles. The standard InChI is InChI=1S/C8H13NO2S/c10-8(11)7-2-9(3-7)1-6-4-12-5-6/h6-7H,1-5H2,(H,10,11). The highest BCUT2D eigenvalue weighted by Gasteiger charge is 2.34. The zero-order valence-corrected chi connectivity index (χ0v) is 7.72. The van der Waals surface area contributed by atoms with Gasteiger partial charge in [0, 0.05) is 19.6 Å². The molecule has 4 heteroatoms. The van der Waals surface area contributed by atoms with Crippen LogP contribution in [0, 0.1) is 11.8 Å². The van der Waals surface area contributed by atoms with Crippen LogP contribution in [0.25, 0.3) is 0 Å². The molecule has 0 atom stereocenters. The Hall–Kier alpha value is -0.220. The van der Waals surface area contributed by atoms with E-state index in [1.54, 1.807) is 0 Å². The fourth-order valence-corrected chi connectivity index (χ4v) is 2.41. The van der Waals surface area contributed by atoms with Gasteiger partial charge < -0.3 is 10.0 Å². The van der Waals surface area contributed by atoms with E-state index < -0.39 is 5.97 Å². The second-order valence-electron chi connectivity index (χ2n) is 3.66. The van der Waals surface area contributed by atoms with Crippen LogP contribution in [-0.2, 0) is 4.79 Å². The Labute approximate surface area is 76.1 Å². The lowest BCUT2D eigenvalue weighted by Gasteiger charge is -2.40. The van der Waals surface area contributed by atoms with Crippen molar-refractivity contribution in [2.45, 2.75) is 0 Å². The van der Waals surface area contributed by atoms with E-state index in [1.807, 2.05) is 11.8 Å². The predicted molar refractivity (Wildman–Crippen MR) is 48.4 cm³/mol. The van der Waals surface area contributed by atoms with Crippen molar-refractivity contribution in [1.82, 2.24) is 4.90 Å². The number of hydrogen-bond donors (Lipinski definition) is 1. The summed E-state index contributed by atoms with van der Waals surface area (Å²) in [4.78, 5) is 12.7. The van der Waals surface area contributed by atoms with Crippen molar-refractivity contribution in [3.8, 4) is 0 Å². The van der Waals surface area contributed by atoms with Gasteiger partial charge in [-0.3, -0.25) is 4.79 Å². The van der Waals surface area contributed by atoms with Crippen LogP contribution in [0.4, 0.5) is 0 Å². The van der Waals surface area contributed by atoms with Gasteiger partial charge >= 0.3 is 5.97 Å². The molecule has 68 valence electrons. The van der Waals surface area contributed by atoms with Gasteiger partial charge in [0.1, 0.15) is 0 Å². The van der Waals surface area contributed by atoms with Crippen molar-refractivity contribution in [1.29, 1.82) is 0 Å². The highest BCUT2D eigenvalue weighted by atomic mass is 32.2. The summed E-state index contributed by atoms with van der Waals surface area (Å²) >= 11 is 1.99. The average Bonchev–Trinajstić information content (AvgIpc) is 1.79. The first-order valence-electron chi connectivity index (χ1n) is 4.28. The molecule has 3 nitrogen and oxygen atoms in total. The molecule has 2 aliphatic rings. The van der Waals surface area contributed by atoms with Gasteiger partial charge in [-0.1, -0.05) is 0 Å². The van der Waals surface area contributed by atoms with Crippen molar-refractivity contribution in [3.05, 3.63) is 0 Å². The Morgan fingerprint density at radius 2 is 2.17 bits per heavy atom. The third kappa shape index (κ3) is 1.59. The van der Waals surface area contributed by atoms with Crippen LogP contribution < -0.4 is 0 Å². The first kappa shape index (κ1) is 8.38. The van der Waals surface area contributed by atoms with E-state index in [4.69, 9.17) is 5.11 Å². The molecule has 2 aliphatic heterocycles. The quantitative estimate of drug-likeness (QED) is 0.693. The Balaban J connectivity index is 1.64. The summed E-state index contributed by atoms with van der Waals surface area (Å²) in [5.74, 6) is 2.67. The molecule has 1 N–H and O–H groups in total. The van der Waals surface area contributed by atoms with Crippen LogP contribution in [0.5, 0.6) is 0 Å². The third-order valence-corrected chi connectivity index (χ3v) is 3.94. The lowest BCUT2D eigenvalue weighted by atomic mass is 9.99. The van der Waals surface area contributed by atoms with E-state index in [-0.39, 0.29) is 5.92 Å². The summed E-state index contributed by atoms with van der Waals surface area (Å²) < 4.78 is 0. The summed E-state index contributed by atoms with van der Waals surface area (Å²) in [5.41, 5.74) is 0. The first-order valence-corrected chi connectivity index (χ1v) is 5.44. The van der Waals surface area contributed by atoms with Gasteiger partial charge in [-0.2, -0.15) is 11.8 Å². The lowest BCUT2D eigenvalue weighted by molar-refractivity contribution is -0.147. The number of rotatable bonds is 3. The summed E-state index contributed by atoms with van der Waals surface area (Å²) in [6.07, 6.45) is 0. The summed E-state index contributed by atoms with van der Waals surface area (Å²) in [5, 5.41) is 8.63. The monoisotopic (exact) mass is 187 g/mol. The SMILES string of the molecule is O=C(O)C1CN(CC2CSC2)C1. The first-order chi connectivity index (χ1) is 5.75. The zero-order valence-electron chi connectivity index (χ0n) is 6.90. The molecule has 0 bridgehead atoms. The minimum absolute atomic E-state index is 0.0854. The van der Waals surface area contributed by atoms with E-state index in [1.165, 1.54) is 11.5 Å². The number of thioether (sulfide) groups is 1. The molecule has 2 rings (SSSR count). The minimum atomic E-state index is -0.630. The van der Waals surface area contributed by atoms with E-state index in [2.05, 4.69) is 4.90 Å². The average molecular weight is 187 g/mol. The number of carboxylic acids is 1. The van der Waals surface area contributed by atoms with Crippen LogP contribution in [0.3, 0.4) is 0 Å². The molecule has 2 fully saturated rings. The van der Waals surface area contributed by atoms with Gasteiger partial charge in [0.2, 0.25) is 0 Å². The molecule has 0 radical (unpaired) electrons. The number of carboxylic acid groups (broad SMARTS) is 1. The second kappa shape index (κ2) is 3.26. The maximum Gasteiger partial charge on any atom is 0.309 e. The van der Waals surface area contributed by atoms with Crippen molar-refractivity contribution in [2.24, 2.45) is 11.8 Å². The van der Waals surface area contributed by atoms with Crippen LogP contribution in [0.15, 0.2) is 0 Å². The maximum absolute atomic E-state index is 10.5. The highest BCUT2D eigenvalue weighted by Crippen LogP contribution is 2.27. The van der Waals surface area contributed by atoms with E-state index in [0.717, 1.165) is 25.6 Å². The van der Waals surface area contributed by atoms with E-state index in [9.17, 15) is 4.79 Å². The van der Waals surface area contributed by atoms with Crippen molar-refractivity contribution in [2.75, 3.05) is 31.1 Å². The van der Waals surface area contributed by atoms with Gasteiger partial charge in [-0.25, -0.2) is 0 Å². The Bertz CT molecular complexity index is 187. The Kier molecular flexibility index (Phi) is 2.28. The maximum atomic E-state index is 10.5. The molecule has 0 spiro atoms. The third-order valence-electron chi connectivity index (χ3n) is 2.53. The molecular formula is C8H13NO2S. The van der Waals surface area contributed by atoms with Gasteiger partial charge in [-0.15, -0.1) is 0 Å². The molecule has 0 aliphatic carbocycles. The lowest BCUT2D eigenvalue weighted by Crippen LogP contribution is -2.53. The van der Waals surface area contributed by atoms with Crippen molar-refractivity contribution in [3.63, 3.8) is 0 Å².